The van der Waals surface area contributed by atoms with E-state index in [1.54, 1.807) is 6.07 Å². The van der Waals surface area contributed by atoms with E-state index < -0.39 is 5.97 Å². The second-order valence-corrected chi connectivity index (χ2v) is 3.96. The van der Waals surface area contributed by atoms with Gasteiger partial charge in [-0.05, 0) is 19.1 Å². The average Bonchev–Trinajstić information content (AvgIpc) is 2.78. The van der Waals surface area contributed by atoms with Gasteiger partial charge in [0.1, 0.15) is 5.69 Å². The molecule has 1 unspecified atom stereocenters. The molecule has 2 N–H and O–H groups in total. The number of carbonyl (C=O) groups is 1. The van der Waals surface area contributed by atoms with E-state index in [0.717, 1.165) is 32.0 Å². The molecule has 1 saturated heterocycles. The summed E-state index contributed by atoms with van der Waals surface area (Å²) in [7, 11) is 0. The Balaban J connectivity index is 2.07. The number of aromatic carboxylic acids is 1. The molecule has 0 aromatic carbocycles. The fraction of sp³-hybridized carbons (Fsp3) is 0.545. The Bertz CT molecular complexity index is 369. The number of H-pyrrole nitrogens is 1. The van der Waals surface area contributed by atoms with Crippen LogP contribution in [0.2, 0.25) is 0 Å². The molecule has 5 heteroatoms. The number of aromatic amines is 1. The van der Waals surface area contributed by atoms with Gasteiger partial charge in [-0.2, -0.15) is 0 Å². The summed E-state index contributed by atoms with van der Waals surface area (Å²) in [5.41, 5.74) is 1.19. The van der Waals surface area contributed by atoms with E-state index in [4.69, 9.17) is 9.84 Å². The fourth-order valence-electron chi connectivity index (χ4n) is 1.94. The highest BCUT2D eigenvalue weighted by atomic mass is 16.5. The summed E-state index contributed by atoms with van der Waals surface area (Å²) in [6, 6.07) is 3.65. The topological polar surface area (TPSA) is 65.6 Å². The molecular formula is C11H16N2O3. The zero-order valence-corrected chi connectivity index (χ0v) is 9.27. The van der Waals surface area contributed by atoms with Gasteiger partial charge in [0.05, 0.1) is 13.2 Å². The molecule has 0 amide bonds. The predicted molar refractivity (Wildman–Crippen MR) is 58.6 cm³/mol. The number of aromatic nitrogens is 1. The van der Waals surface area contributed by atoms with E-state index in [1.807, 2.05) is 6.07 Å². The number of hydrogen-bond donors (Lipinski definition) is 2. The van der Waals surface area contributed by atoms with E-state index in [9.17, 15) is 4.79 Å². The van der Waals surface area contributed by atoms with Crippen LogP contribution >= 0.6 is 0 Å². The van der Waals surface area contributed by atoms with Crippen LogP contribution in [0.1, 0.15) is 29.1 Å². The van der Waals surface area contributed by atoms with Crippen LogP contribution in [-0.4, -0.2) is 47.3 Å². The van der Waals surface area contributed by atoms with Crippen LogP contribution in [0, 0.1) is 0 Å². The molecule has 0 aliphatic carbocycles. The highest BCUT2D eigenvalue weighted by molar-refractivity contribution is 5.85. The molecule has 2 heterocycles. The molecule has 1 fully saturated rings. The zero-order valence-electron chi connectivity index (χ0n) is 9.27. The third kappa shape index (κ3) is 2.25. The fourth-order valence-corrected chi connectivity index (χ4v) is 1.94. The third-order valence-corrected chi connectivity index (χ3v) is 2.98. The molecule has 1 atom stereocenters. The maximum Gasteiger partial charge on any atom is 0.352 e. The van der Waals surface area contributed by atoms with Crippen molar-refractivity contribution in [3.05, 3.63) is 23.5 Å². The number of carboxylic acids is 1. The molecule has 1 aliphatic rings. The minimum atomic E-state index is -0.916. The van der Waals surface area contributed by atoms with Gasteiger partial charge in [-0.15, -0.1) is 0 Å². The SMILES string of the molecule is CC(c1ccc(C(=O)O)[nH]1)N1CCOCC1. The van der Waals surface area contributed by atoms with Gasteiger partial charge in [0, 0.05) is 24.8 Å². The smallest absolute Gasteiger partial charge is 0.352 e. The summed E-state index contributed by atoms with van der Waals surface area (Å²) in [6.07, 6.45) is 0. The number of morpholine rings is 1. The molecule has 0 spiro atoms. The Hall–Kier alpha value is -1.33. The lowest BCUT2D eigenvalue weighted by Crippen LogP contribution is -2.38. The number of nitrogens with zero attached hydrogens (tertiary/aromatic N) is 1. The van der Waals surface area contributed by atoms with Crippen molar-refractivity contribution in [1.82, 2.24) is 9.88 Å². The summed E-state index contributed by atoms with van der Waals surface area (Å²) < 4.78 is 5.28. The van der Waals surface area contributed by atoms with Crippen molar-refractivity contribution in [2.75, 3.05) is 26.3 Å². The van der Waals surface area contributed by atoms with Gasteiger partial charge in [-0.3, -0.25) is 4.90 Å². The normalized spacial score (nSPS) is 19.6. The summed E-state index contributed by atoms with van der Waals surface area (Å²) in [4.78, 5) is 16.0. The molecule has 16 heavy (non-hydrogen) atoms. The quantitative estimate of drug-likeness (QED) is 0.807. The Kier molecular flexibility index (Phi) is 3.26. The van der Waals surface area contributed by atoms with Gasteiger partial charge in [0.2, 0.25) is 0 Å². The van der Waals surface area contributed by atoms with E-state index in [2.05, 4.69) is 16.8 Å². The van der Waals surface area contributed by atoms with Crippen LogP contribution < -0.4 is 0 Å². The van der Waals surface area contributed by atoms with Crippen molar-refractivity contribution in [2.45, 2.75) is 13.0 Å². The van der Waals surface area contributed by atoms with Crippen molar-refractivity contribution in [1.29, 1.82) is 0 Å². The number of nitrogens with one attached hydrogen (secondary N) is 1. The Morgan fingerprint density at radius 1 is 1.50 bits per heavy atom. The Morgan fingerprint density at radius 3 is 2.75 bits per heavy atom. The number of ether oxygens (including phenoxy) is 1. The summed E-state index contributed by atoms with van der Waals surface area (Å²) >= 11 is 0. The van der Waals surface area contributed by atoms with Crippen LogP contribution in [-0.2, 0) is 4.74 Å². The van der Waals surface area contributed by atoms with Crippen LogP contribution in [0.3, 0.4) is 0 Å². The maximum atomic E-state index is 10.7. The first kappa shape index (κ1) is 11.2. The molecule has 1 aromatic rings. The maximum absolute atomic E-state index is 10.7. The highest BCUT2D eigenvalue weighted by Crippen LogP contribution is 2.20. The zero-order chi connectivity index (χ0) is 11.5. The summed E-state index contributed by atoms with van der Waals surface area (Å²) in [5.74, 6) is -0.916. The first-order valence-corrected chi connectivity index (χ1v) is 5.42. The minimum Gasteiger partial charge on any atom is -0.477 e. The van der Waals surface area contributed by atoms with Crippen molar-refractivity contribution in [3.63, 3.8) is 0 Å². The van der Waals surface area contributed by atoms with Gasteiger partial charge in [-0.25, -0.2) is 4.79 Å². The van der Waals surface area contributed by atoms with E-state index in [0.29, 0.717) is 0 Å². The van der Waals surface area contributed by atoms with Gasteiger partial charge in [-0.1, -0.05) is 0 Å². The van der Waals surface area contributed by atoms with E-state index in [-0.39, 0.29) is 11.7 Å². The van der Waals surface area contributed by atoms with Crippen LogP contribution in [0.5, 0.6) is 0 Å². The van der Waals surface area contributed by atoms with Crippen molar-refractivity contribution in [2.24, 2.45) is 0 Å². The minimum absolute atomic E-state index is 0.206. The highest BCUT2D eigenvalue weighted by Gasteiger charge is 2.20. The first-order chi connectivity index (χ1) is 7.68. The average molecular weight is 224 g/mol. The molecule has 1 aliphatic heterocycles. The largest absolute Gasteiger partial charge is 0.477 e. The standard InChI is InChI=1S/C11H16N2O3/c1-8(13-4-6-16-7-5-13)9-2-3-10(12-9)11(14)15/h2-3,8,12H,4-7H2,1H3,(H,14,15). The Morgan fingerprint density at radius 2 is 2.19 bits per heavy atom. The lowest BCUT2D eigenvalue weighted by Gasteiger charge is -2.31. The van der Waals surface area contributed by atoms with Crippen molar-refractivity contribution >= 4 is 5.97 Å². The summed E-state index contributed by atoms with van der Waals surface area (Å²) in [6.45, 7) is 5.35. The van der Waals surface area contributed by atoms with Crippen LogP contribution in [0.4, 0.5) is 0 Å². The molecule has 1 aromatic heterocycles. The number of carboxylic acid groups (broad SMARTS) is 1. The molecule has 2 rings (SSSR count). The van der Waals surface area contributed by atoms with Crippen LogP contribution in [0.25, 0.3) is 0 Å². The van der Waals surface area contributed by atoms with E-state index in [1.165, 1.54) is 0 Å². The Labute approximate surface area is 94.0 Å². The molecule has 88 valence electrons. The van der Waals surface area contributed by atoms with Gasteiger partial charge < -0.3 is 14.8 Å². The molecular weight excluding hydrogens is 208 g/mol. The molecule has 0 saturated carbocycles. The van der Waals surface area contributed by atoms with Crippen molar-refractivity contribution in [3.8, 4) is 0 Å². The molecule has 5 nitrogen and oxygen atoms in total. The molecule has 0 radical (unpaired) electrons. The lowest BCUT2D eigenvalue weighted by atomic mass is 10.2. The monoisotopic (exact) mass is 224 g/mol. The van der Waals surface area contributed by atoms with Gasteiger partial charge in [0.15, 0.2) is 0 Å². The number of hydrogen-bond acceptors (Lipinski definition) is 3. The summed E-state index contributed by atoms with van der Waals surface area (Å²) in [5, 5.41) is 8.83. The molecule has 0 bridgehead atoms. The first-order valence-electron chi connectivity index (χ1n) is 5.42. The second kappa shape index (κ2) is 4.67. The lowest BCUT2D eigenvalue weighted by molar-refractivity contribution is 0.0191. The predicted octanol–water partition coefficient (Wildman–Crippen LogP) is 1.11. The third-order valence-electron chi connectivity index (χ3n) is 2.98. The van der Waals surface area contributed by atoms with Gasteiger partial charge >= 0.3 is 5.97 Å². The second-order valence-electron chi connectivity index (χ2n) is 3.96. The number of rotatable bonds is 3. The van der Waals surface area contributed by atoms with Crippen LogP contribution in [0.15, 0.2) is 12.1 Å². The van der Waals surface area contributed by atoms with Gasteiger partial charge in [0.25, 0.3) is 0 Å². The van der Waals surface area contributed by atoms with E-state index >= 15 is 0 Å². The van der Waals surface area contributed by atoms with Crippen molar-refractivity contribution < 1.29 is 14.6 Å².